The van der Waals surface area contributed by atoms with Gasteiger partial charge in [0.15, 0.2) is 12.4 Å². The molecule has 1 aliphatic heterocycles. The lowest BCUT2D eigenvalue weighted by molar-refractivity contribution is -0.136. The van der Waals surface area contributed by atoms with E-state index in [0.29, 0.717) is 17.7 Å². The second-order valence-electron chi connectivity index (χ2n) is 6.77. The number of ketones is 1. The van der Waals surface area contributed by atoms with Crippen molar-refractivity contribution in [2.75, 3.05) is 17.2 Å². The number of carbonyl (C=O) groups is 2. The highest BCUT2D eigenvalue weighted by Crippen LogP contribution is 2.34. The van der Waals surface area contributed by atoms with Crippen LogP contribution in [0.3, 0.4) is 0 Å². The summed E-state index contributed by atoms with van der Waals surface area (Å²) in [5, 5.41) is 0. The van der Waals surface area contributed by atoms with E-state index in [1.807, 2.05) is 26.0 Å². The van der Waals surface area contributed by atoms with E-state index in [1.165, 1.54) is 16.6 Å². The number of thiophene rings is 1. The van der Waals surface area contributed by atoms with Gasteiger partial charge in [-0.15, -0.1) is 11.3 Å². The van der Waals surface area contributed by atoms with E-state index in [-0.39, 0.29) is 18.4 Å². The quantitative estimate of drug-likeness (QED) is 0.408. The van der Waals surface area contributed by atoms with E-state index in [0.717, 1.165) is 15.3 Å². The summed E-state index contributed by atoms with van der Waals surface area (Å²) in [6, 6.07) is 8.54. The number of nitrogens with zero attached hydrogens (tertiary/aromatic N) is 1. The molecule has 1 atom stereocenters. The van der Waals surface area contributed by atoms with E-state index in [9.17, 15) is 18.0 Å². The van der Waals surface area contributed by atoms with Gasteiger partial charge < -0.3 is 4.74 Å². The number of rotatable bonds is 6. The molecule has 0 radical (unpaired) electrons. The van der Waals surface area contributed by atoms with Crippen LogP contribution in [0.25, 0.3) is 6.08 Å². The van der Waals surface area contributed by atoms with Crippen LogP contribution in [0.5, 0.6) is 0 Å². The smallest absolute Gasteiger partial charge is 0.331 e. The van der Waals surface area contributed by atoms with Crippen molar-refractivity contribution in [3.63, 3.8) is 0 Å². The zero-order chi connectivity index (χ0) is 20.5. The number of esters is 1. The first-order valence-electron chi connectivity index (χ1n) is 8.72. The van der Waals surface area contributed by atoms with Crippen LogP contribution in [0.15, 0.2) is 36.4 Å². The number of carbonyl (C=O) groups excluding carboxylic acids is 2. The molecule has 0 unspecified atom stereocenters. The molecule has 0 fully saturated rings. The summed E-state index contributed by atoms with van der Waals surface area (Å²) < 4.78 is 30.3. The number of Topliss-reactive ketones (excluding diaryl/α,β-unsaturated/α-hetero) is 1. The van der Waals surface area contributed by atoms with E-state index >= 15 is 0 Å². The molecular formula is C20H21NO5S2. The largest absolute Gasteiger partial charge is 0.454 e. The molecule has 1 aromatic heterocycles. The number of aryl methyl sites for hydroxylation is 1. The molecule has 1 aromatic carbocycles. The molecule has 2 aromatic rings. The first-order valence-corrected chi connectivity index (χ1v) is 11.4. The molecule has 0 N–H and O–H groups in total. The van der Waals surface area contributed by atoms with Gasteiger partial charge in [-0.2, -0.15) is 0 Å². The lowest BCUT2D eigenvalue weighted by Crippen LogP contribution is -2.34. The number of anilines is 1. The van der Waals surface area contributed by atoms with Crippen molar-refractivity contribution < 1.29 is 22.7 Å². The molecule has 1 aliphatic rings. The van der Waals surface area contributed by atoms with Crippen molar-refractivity contribution in [1.29, 1.82) is 0 Å². The molecule has 28 heavy (non-hydrogen) atoms. The van der Waals surface area contributed by atoms with Gasteiger partial charge in [-0.3, -0.25) is 9.10 Å². The highest BCUT2D eigenvalue weighted by atomic mass is 32.2. The fourth-order valence-corrected chi connectivity index (χ4v) is 5.29. The summed E-state index contributed by atoms with van der Waals surface area (Å²) >= 11 is 1.56. The van der Waals surface area contributed by atoms with Gasteiger partial charge in [-0.25, -0.2) is 13.2 Å². The Balaban J connectivity index is 1.63. The minimum absolute atomic E-state index is 0.195. The summed E-state index contributed by atoms with van der Waals surface area (Å²) in [4.78, 5) is 26.2. The van der Waals surface area contributed by atoms with Crippen LogP contribution in [0.2, 0.25) is 0 Å². The summed E-state index contributed by atoms with van der Waals surface area (Å²) in [5.74, 6) is -0.917. The van der Waals surface area contributed by atoms with Gasteiger partial charge in [-0.05, 0) is 62.2 Å². The first-order chi connectivity index (χ1) is 13.1. The zero-order valence-corrected chi connectivity index (χ0v) is 17.5. The molecule has 0 bridgehead atoms. The van der Waals surface area contributed by atoms with E-state index in [4.69, 9.17) is 4.74 Å². The molecule has 0 saturated heterocycles. The summed E-state index contributed by atoms with van der Waals surface area (Å²) in [6.45, 7) is 3.44. The van der Waals surface area contributed by atoms with Crippen LogP contribution in [-0.2, 0) is 26.0 Å². The highest BCUT2D eigenvalue weighted by molar-refractivity contribution is 7.92. The maximum Gasteiger partial charge on any atom is 0.331 e. The molecule has 6 nitrogen and oxygen atoms in total. The number of hydrogen-bond acceptors (Lipinski definition) is 6. The number of sulfonamides is 1. The van der Waals surface area contributed by atoms with Gasteiger partial charge in [0.2, 0.25) is 10.0 Å². The molecule has 0 amide bonds. The fraction of sp³-hybridized carbons (Fsp3) is 0.300. The number of benzene rings is 1. The predicted octanol–water partition coefficient (Wildman–Crippen LogP) is 3.21. The Morgan fingerprint density at radius 2 is 2.04 bits per heavy atom. The van der Waals surface area contributed by atoms with Crippen LogP contribution < -0.4 is 4.31 Å². The minimum atomic E-state index is -3.38. The Morgan fingerprint density at radius 3 is 2.68 bits per heavy atom. The third-order valence-corrected chi connectivity index (χ3v) is 6.64. The average molecular weight is 420 g/mol. The predicted molar refractivity (Wildman–Crippen MR) is 110 cm³/mol. The first kappa shape index (κ1) is 20.3. The Labute approximate surface area is 168 Å². The summed E-state index contributed by atoms with van der Waals surface area (Å²) in [5.41, 5.74) is 1.78. The molecule has 3 rings (SSSR count). The van der Waals surface area contributed by atoms with Crippen LogP contribution in [0.4, 0.5) is 5.69 Å². The van der Waals surface area contributed by atoms with E-state index < -0.39 is 16.0 Å². The summed E-state index contributed by atoms with van der Waals surface area (Å²) in [6.07, 6.45) is 4.66. The minimum Gasteiger partial charge on any atom is -0.454 e. The van der Waals surface area contributed by atoms with E-state index in [1.54, 1.807) is 35.6 Å². The maximum atomic E-state index is 12.4. The van der Waals surface area contributed by atoms with Crippen molar-refractivity contribution in [3.8, 4) is 0 Å². The van der Waals surface area contributed by atoms with Crippen molar-refractivity contribution in [3.05, 3.63) is 57.3 Å². The van der Waals surface area contributed by atoms with Gasteiger partial charge in [0.1, 0.15) is 0 Å². The lowest BCUT2D eigenvalue weighted by Gasteiger charge is -2.21. The normalized spacial score (nSPS) is 16.4. The molecular weight excluding hydrogens is 398 g/mol. The monoisotopic (exact) mass is 419 g/mol. The van der Waals surface area contributed by atoms with Crippen molar-refractivity contribution in [1.82, 2.24) is 0 Å². The third-order valence-electron chi connectivity index (χ3n) is 4.40. The second-order valence-corrected chi connectivity index (χ2v) is 9.95. The van der Waals surface area contributed by atoms with Crippen molar-refractivity contribution >= 4 is 44.9 Å². The Morgan fingerprint density at radius 1 is 1.29 bits per heavy atom. The topological polar surface area (TPSA) is 80.8 Å². The van der Waals surface area contributed by atoms with Crippen LogP contribution >= 0.6 is 11.3 Å². The maximum absolute atomic E-state index is 12.4. The number of fused-ring (bicyclic) bond motifs is 1. The Hall–Kier alpha value is -2.45. The highest BCUT2D eigenvalue weighted by Gasteiger charge is 2.32. The van der Waals surface area contributed by atoms with Gasteiger partial charge in [0, 0.05) is 27.4 Å². The SMILES string of the molecule is Cc1ccc(/C=C/C(=O)OCC(=O)c2ccc3c(c2)C[C@H](C)N3S(C)(=O)=O)s1. The van der Waals surface area contributed by atoms with Gasteiger partial charge in [0.25, 0.3) is 0 Å². The van der Waals surface area contributed by atoms with Gasteiger partial charge in [-0.1, -0.05) is 0 Å². The Bertz CT molecular complexity index is 1050. The molecule has 2 heterocycles. The Kier molecular flexibility index (Phi) is 5.71. The van der Waals surface area contributed by atoms with Crippen LogP contribution in [0.1, 0.15) is 32.6 Å². The number of ether oxygens (including phenoxy) is 1. The van der Waals surface area contributed by atoms with Gasteiger partial charge in [0.05, 0.1) is 11.9 Å². The molecule has 0 saturated carbocycles. The number of hydrogen-bond donors (Lipinski definition) is 0. The standard InChI is InChI=1S/C20H21NO5S2/c1-13-10-16-11-15(5-8-18(16)21(13)28(3,24)25)19(22)12-26-20(23)9-7-17-6-4-14(2)27-17/h4-9,11,13H,10,12H2,1-3H3/b9-7+/t13-/m0/s1. The van der Waals surface area contributed by atoms with E-state index in [2.05, 4.69) is 0 Å². The van der Waals surface area contributed by atoms with Crippen LogP contribution in [-0.4, -0.2) is 39.1 Å². The average Bonchev–Trinajstić information content (AvgIpc) is 3.18. The van der Waals surface area contributed by atoms with Crippen molar-refractivity contribution in [2.24, 2.45) is 0 Å². The second kappa shape index (κ2) is 7.89. The summed E-state index contributed by atoms with van der Waals surface area (Å²) in [7, 11) is -3.38. The molecule has 148 valence electrons. The third kappa shape index (κ3) is 4.51. The molecule has 0 spiro atoms. The zero-order valence-electron chi connectivity index (χ0n) is 15.8. The lowest BCUT2D eigenvalue weighted by atomic mass is 10.0. The fourth-order valence-electron chi connectivity index (χ4n) is 3.24. The van der Waals surface area contributed by atoms with Crippen molar-refractivity contribution in [2.45, 2.75) is 26.3 Å². The molecule has 8 heteroatoms. The van der Waals surface area contributed by atoms with Crippen LogP contribution in [0, 0.1) is 6.92 Å². The molecule has 0 aliphatic carbocycles. The van der Waals surface area contributed by atoms with Gasteiger partial charge >= 0.3 is 5.97 Å².